The van der Waals surface area contributed by atoms with Crippen molar-refractivity contribution >= 4 is 34.3 Å². The van der Waals surface area contributed by atoms with Gasteiger partial charge < -0.3 is 0 Å². The van der Waals surface area contributed by atoms with E-state index in [0.29, 0.717) is 0 Å². The molecular weight excluding hydrogens is 368 g/mol. The van der Waals surface area contributed by atoms with Gasteiger partial charge in [0.05, 0.1) is 11.4 Å². The van der Waals surface area contributed by atoms with E-state index >= 15 is 0 Å². The molecule has 4 rings (SSSR count). The standard InChI is InChI=1S/C20H15ClN2S2/c1-12-6-8-14(9-7-12)18-13(2)25-20(23-18)19-22-17(11-24-19)15-4-3-5-16(21)10-15/h3-11H,1-2H3. The van der Waals surface area contributed by atoms with Crippen LogP contribution in [-0.4, -0.2) is 9.97 Å². The van der Waals surface area contributed by atoms with Crippen molar-refractivity contribution in [1.29, 1.82) is 0 Å². The summed E-state index contributed by atoms with van der Waals surface area (Å²) in [6, 6.07) is 16.3. The monoisotopic (exact) mass is 382 g/mol. The molecule has 0 aliphatic carbocycles. The molecule has 0 fully saturated rings. The van der Waals surface area contributed by atoms with Crippen LogP contribution < -0.4 is 0 Å². The van der Waals surface area contributed by atoms with E-state index in [1.165, 1.54) is 10.4 Å². The Balaban J connectivity index is 1.69. The first-order valence-corrected chi connectivity index (χ1v) is 9.94. The van der Waals surface area contributed by atoms with Gasteiger partial charge in [-0.1, -0.05) is 53.6 Å². The Morgan fingerprint density at radius 3 is 2.44 bits per heavy atom. The van der Waals surface area contributed by atoms with E-state index < -0.39 is 0 Å². The van der Waals surface area contributed by atoms with Gasteiger partial charge in [-0.2, -0.15) is 0 Å². The van der Waals surface area contributed by atoms with Crippen LogP contribution in [0.1, 0.15) is 10.4 Å². The van der Waals surface area contributed by atoms with E-state index in [4.69, 9.17) is 21.6 Å². The Labute approximate surface area is 159 Å². The maximum absolute atomic E-state index is 6.09. The molecule has 0 spiro atoms. The molecule has 0 N–H and O–H groups in total. The predicted molar refractivity (Wildman–Crippen MR) is 109 cm³/mol. The van der Waals surface area contributed by atoms with Gasteiger partial charge in [0.25, 0.3) is 0 Å². The van der Waals surface area contributed by atoms with Gasteiger partial charge >= 0.3 is 0 Å². The highest BCUT2D eigenvalue weighted by atomic mass is 35.5. The second-order valence-electron chi connectivity index (χ2n) is 5.84. The van der Waals surface area contributed by atoms with Gasteiger partial charge in [0.1, 0.15) is 0 Å². The first-order chi connectivity index (χ1) is 12.1. The fourth-order valence-corrected chi connectivity index (χ4v) is 4.61. The van der Waals surface area contributed by atoms with Crippen molar-refractivity contribution in [2.75, 3.05) is 0 Å². The number of benzene rings is 2. The van der Waals surface area contributed by atoms with E-state index in [0.717, 1.165) is 37.6 Å². The van der Waals surface area contributed by atoms with E-state index in [1.807, 2.05) is 24.3 Å². The summed E-state index contributed by atoms with van der Waals surface area (Å²) < 4.78 is 0. The third-order valence-electron chi connectivity index (χ3n) is 3.93. The van der Waals surface area contributed by atoms with Gasteiger partial charge in [0.2, 0.25) is 0 Å². The lowest BCUT2D eigenvalue weighted by molar-refractivity contribution is 1.33. The largest absolute Gasteiger partial charge is 0.233 e. The molecule has 0 radical (unpaired) electrons. The quantitative estimate of drug-likeness (QED) is 0.386. The van der Waals surface area contributed by atoms with Crippen LogP contribution in [-0.2, 0) is 0 Å². The molecule has 0 aliphatic heterocycles. The summed E-state index contributed by atoms with van der Waals surface area (Å²) in [6.07, 6.45) is 0. The van der Waals surface area contributed by atoms with E-state index in [2.05, 4.69) is 43.5 Å². The van der Waals surface area contributed by atoms with Crippen molar-refractivity contribution in [3.8, 4) is 32.5 Å². The molecule has 0 saturated heterocycles. The molecule has 0 bridgehead atoms. The Bertz CT molecular complexity index is 1030. The van der Waals surface area contributed by atoms with Crippen molar-refractivity contribution in [3.05, 3.63) is 69.4 Å². The maximum Gasteiger partial charge on any atom is 0.153 e. The van der Waals surface area contributed by atoms with Gasteiger partial charge in [-0.15, -0.1) is 22.7 Å². The van der Waals surface area contributed by atoms with Gasteiger partial charge in [-0.3, -0.25) is 0 Å². The molecule has 124 valence electrons. The zero-order valence-corrected chi connectivity index (χ0v) is 16.2. The molecule has 0 saturated carbocycles. The van der Waals surface area contributed by atoms with Crippen LogP contribution in [0.3, 0.4) is 0 Å². The average molecular weight is 383 g/mol. The minimum atomic E-state index is 0.721. The summed E-state index contributed by atoms with van der Waals surface area (Å²) in [5.74, 6) is 0. The third-order valence-corrected chi connectivity index (χ3v) is 6.12. The molecule has 2 heterocycles. The topological polar surface area (TPSA) is 25.8 Å². The minimum absolute atomic E-state index is 0.721. The fraction of sp³-hybridized carbons (Fsp3) is 0.100. The molecule has 25 heavy (non-hydrogen) atoms. The number of aryl methyl sites for hydroxylation is 2. The van der Waals surface area contributed by atoms with Crippen molar-refractivity contribution in [1.82, 2.24) is 9.97 Å². The molecule has 5 heteroatoms. The highest BCUT2D eigenvalue weighted by Crippen LogP contribution is 2.36. The number of nitrogens with zero attached hydrogens (tertiary/aromatic N) is 2. The van der Waals surface area contributed by atoms with Crippen LogP contribution in [0.2, 0.25) is 5.02 Å². The Morgan fingerprint density at radius 2 is 1.68 bits per heavy atom. The normalized spacial score (nSPS) is 11.0. The van der Waals surface area contributed by atoms with Crippen molar-refractivity contribution in [3.63, 3.8) is 0 Å². The molecule has 0 atom stereocenters. The van der Waals surface area contributed by atoms with Crippen molar-refractivity contribution in [2.24, 2.45) is 0 Å². The zero-order valence-electron chi connectivity index (χ0n) is 13.8. The number of halogens is 1. The second-order valence-corrected chi connectivity index (χ2v) is 8.34. The molecule has 2 nitrogen and oxygen atoms in total. The third kappa shape index (κ3) is 3.38. The Morgan fingerprint density at radius 1 is 0.880 bits per heavy atom. The second kappa shape index (κ2) is 6.71. The molecule has 4 aromatic rings. The number of hydrogen-bond donors (Lipinski definition) is 0. The van der Waals surface area contributed by atoms with Crippen molar-refractivity contribution < 1.29 is 0 Å². The highest BCUT2D eigenvalue weighted by molar-refractivity contribution is 7.21. The molecule has 0 amide bonds. The van der Waals surface area contributed by atoms with Crippen LogP contribution in [0.25, 0.3) is 32.5 Å². The van der Waals surface area contributed by atoms with Gasteiger partial charge in [-0.05, 0) is 26.0 Å². The molecule has 2 aromatic carbocycles. The lowest BCUT2D eigenvalue weighted by Crippen LogP contribution is -1.82. The van der Waals surface area contributed by atoms with E-state index in [9.17, 15) is 0 Å². The number of hydrogen-bond acceptors (Lipinski definition) is 4. The van der Waals surface area contributed by atoms with E-state index in [-0.39, 0.29) is 0 Å². The summed E-state index contributed by atoms with van der Waals surface area (Å²) in [4.78, 5) is 10.8. The van der Waals surface area contributed by atoms with Gasteiger partial charge in [0.15, 0.2) is 10.0 Å². The highest BCUT2D eigenvalue weighted by Gasteiger charge is 2.14. The average Bonchev–Trinajstić information content (AvgIpc) is 3.23. The summed E-state index contributed by atoms with van der Waals surface area (Å²) in [7, 11) is 0. The van der Waals surface area contributed by atoms with Crippen molar-refractivity contribution in [2.45, 2.75) is 13.8 Å². The minimum Gasteiger partial charge on any atom is -0.233 e. The molecular formula is C20H15ClN2S2. The van der Waals surface area contributed by atoms with Gasteiger partial charge in [-0.25, -0.2) is 9.97 Å². The Hall–Kier alpha value is -2.01. The molecule has 0 unspecified atom stereocenters. The van der Waals surface area contributed by atoms with Crippen LogP contribution in [0.15, 0.2) is 53.9 Å². The number of aromatic nitrogens is 2. The van der Waals surface area contributed by atoms with Gasteiger partial charge in [0, 0.05) is 26.4 Å². The molecule has 0 aliphatic rings. The molecule has 2 aromatic heterocycles. The summed E-state index contributed by atoms with van der Waals surface area (Å²) in [5.41, 5.74) is 5.41. The summed E-state index contributed by atoms with van der Waals surface area (Å²) in [5, 5.41) is 4.69. The van der Waals surface area contributed by atoms with Crippen LogP contribution >= 0.6 is 34.3 Å². The first kappa shape index (κ1) is 16.5. The van der Waals surface area contributed by atoms with Crippen LogP contribution in [0.4, 0.5) is 0 Å². The van der Waals surface area contributed by atoms with Crippen LogP contribution in [0, 0.1) is 13.8 Å². The van der Waals surface area contributed by atoms with Crippen LogP contribution in [0.5, 0.6) is 0 Å². The summed E-state index contributed by atoms with van der Waals surface area (Å²) >= 11 is 9.39. The number of rotatable bonds is 3. The fourth-order valence-electron chi connectivity index (χ4n) is 2.62. The summed E-state index contributed by atoms with van der Waals surface area (Å²) in [6.45, 7) is 4.21. The number of thiazole rings is 2. The van der Waals surface area contributed by atoms with E-state index in [1.54, 1.807) is 22.7 Å². The predicted octanol–water partition coefficient (Wildman–Crippen LogP) is 6.87. The Kier molecular flexibility index (Phi) is 4.42. The zero-order chi connectivity index (χ0) is 17.4. The first-order valence-electron chi connectivity index (χ1n) is 7.86. The smallest absolute Gasteiger partial charge is 0.153 e. The lowest BCUT2D eigenvalue weighted by atomic mass is 10.1. The maximum atomic E-state index is 6.09. The SMILES string of the molecule is Cc1ccc(-c2nc(-c3nc(-c4cccc(Cl)c4)cs3)sc2C)cc1. The lowest BCUT2D eigenvalue weighted by Gasteiger charge is -1.99.